The van der Waals surface area contributed by atoms with Gasteiger partial charge in [0.25, 0.3) is 0 Å². The minimum absolute atomic E-state index is 1.06. The van der Waals surface area contributed by atoms with Crippen molar-refractivity contribution in [1.29, 1.82) is 0 Å². The highest BCUT2D eigenvalue weighted by Crippen LogP contribution is 2.34. The van der Waals surface area contributed by atoms with E-state index in [0.717, 1.165) is 15.4 Å². The van der Waals surface area contributed by atoms with Crippen LogP contribution in [0.3, 0.4) is 0 Å². The topological polar surface area (TPSA) is 15.8 Å². The zero-order valence-corrected chi connectivity index (χ0v) is 11.3. The average molecular weight is 317 g/mol. The van der Waals surface area contributed by atoms with E-state index in [1.54, 1.807) is 0 Å². The number of aromatic amines is 1. The van der Waals surface area contributed by atoms with Crippen molar-refractivity contribution >= 4 is 42.8 Å². The monoisotopic (exact) mass is 315 g/mol. The molecule has 2 aromatic rings. The second kappa shape index (κ2) is 3.70. The Labute approximate surface area is 100 Å². The van der Waals surface area contributed by atoms with Crippen molar-refractivity contribution in [1.82, 2.24) is 4.98 Å². The second-order valence-electron chi connectivity index (χ2n) is 3.38. The van der Waals surface area contributed by atoms with Crippen LogP contribution >= 0.6 is 31.9 Å². The van der Waals surface area contributed by atoms with Crippen LogP contribution < -0.4 is 0 Å². The van der Waals surface area contributed by atoms with Gasteiger partial charge in [-0.1, -0.05) is 38.8 Å². The van der Waals surface area contributed by atoms with Gasteiger partial charge in [-0.3, -0.25) is 0 Å². The number of nitrogens with one attached hydrogen (secondary N) is 1. The maximum Gasteiger partial charge on any atom is 0.0509 e. The van der Waals surface area contributed by atoms with E-state index in [0.29, 0.717) is 0 Å². The molecule has 14 heavy (non-hydrogen) atoms. The summed E-state index contributed by atoms with van der Waals surface area (Å²) in [5, 5.41) is 1.31. The molecule has 0 aliphatic heterocycles. The van der Waals surface area contributed by atoms with E-state index in [2.05, 4.69) is 63.0 Å². The summed E-state index contributed by atoms with van der Waals surface area (Å²) in [6.45, 7) is 4.29. The predicted octanol–water partition coefficient (Wildman–Crippen LogP) is 4.56. The van der Waals surface area contributed by atoms with Crippen LogP contribution in [-0.2, 0) is 6.42 Å². The normalized spacial score (nSPS) is 11.1. The minimum atomic E-state index is 1.06. The molecule has 0 aliphatic rings. The van der Waals surface area contributed by atoms with Gasteiger partial charge in [-0.15, -0.1) is 0 Å². The molecule has 0 amide bonds. The van der Waals surface area contributed by atoms with E-state index in [-0.39, 0.29) is 0 Å². The quantitative estimate of drug-likeness (QED) is 0.793. The van der Waals surface area contributed by atoms with Gasteiger partial charge >= 0.3 is 0 Å². The number of hydrogen-bond acceptors (Lipinski definition) is 0. The number of hydrogen-bond donors (Lipinski definition) is 1. The Morgan fingerprint density at radius 2 is 2.00 bits per heavy atom. The summed E-state index contributed by atoms with van der Waals surface area (Å²) in [4.78, 5) is 3.33. The third-order valence-corrected chi connectivity index (χ3v) is 4.02. The minimum Gasteiger partial charge on any atom is -0.361 e. The maximum absolute atomic E-state index is 3.60. The fraction of sp³-hybridized carbons (Fsp3) is 0.273. The summed E-state index contributed by atoms with van der Waals surface area (Å²) in [6.07, 6.45) is 3.15. The molecule has 1 nitrogen and oxygen atoms in total. The van der Waals surface area contributed by atoms with Crippen LogP contribution in [0.5, 0.6) is 0 Å². The van der Waals surface area contributed by atoms with E-state index in [4.69, 9.17) is 0 Å². The highest BCUT2D eigenvalue weighted by molar-refractivity contribution is 9.11. The van der Waals surface area contributed by atoms with Crippen molar-refractivity contribution < 1.29 is 0 Å². The van der Waals surface area contributed by atoms with Crippen LogP contribution in [-0.4, -0.2) is 4.98 Å². The zero-order valence-electron chi connectivity index (χ0n) is 8.12. The van der Waals surface area contributed by atoms with Crippen LogP contribution in [0.2, 0.25) is 0 Å². The van der Waals surface area contributed by atoms with Crippen molar-refractivity contribution in [2.45, 2.75) is 20.3 Å². The molecule has 3 heteroatoms. The van der Waals surface area contributed by atoms with Crippen LogP contribution in [0.25, 0.3) is 10.9 Å². The molecule has 1 N–H and O–H groups in total. The molecular weight excluding hydrogens is 306 g/mol. The van der Waals surface area contributed by atoms with E-state index in [1.807, 2.05) is 0 Å². The zero-order chi connectivity index (χ0) is 10.3. The standard InChI is InChI=1S/C11H11Br2N/c1-3-7-5-14-11-6(2)8(12)4-9(13)10(7)11/h4-5,14H,3H2,1-2H3. The Hall–Kier alpha value is -0.280. The molecule has 0 saturated carbocycles. The van der Waals surface area contributed by atoms with Gasteiger partial charge in [-0.05, 0) is 30.5 Å². The maximum atomic E-state index is 3.60. The summed E-state index contributed by atoms with van der Waals surface area (Å²) < 4.78 is 2.30. The molecule has 2 rings (SSSR count). The van der Waals surface area contributed by atoms with Gasteiger partial charge in [-0.25, -0.2) is 0 Å². The number of aromatic nitrogens is 1. The fourth-order valence-electron chi connectivity index (χ4n) is 1.72. The number of fused-ring (bicyclic) bond motifs is 1. The molecule has 1 heterocycles. The number of halogens is 2. The highest BCUT2D eigenvalue weighted by atomic mass is 79.9. The van der Waals surface area contributed by atoms with Crippen LogP contribution in [0, 0.1) is 6.92 Å². The van der Waals surface area contributed by atoms with E-state index in [1.165, 1.54) is 22.0 Å². The van der Waals surface area contributed by atoms with Gasteiger partial charge in [0.2, 0.25) is 0 Å². The lowest BCUT2D eigenvalue weighted by Crippen LogP contribution is -1.82. The number of benzene rings is 1. The Balaban J connectivity index is 2.90. The van der Waals surface area contributed by atoms with Gasteiger partial charge in [-0.2, -0.15) is 0 Å². The van der Waals surface area contributed by atoms with Crippen molar-refractivity contribution in [2.24, 2.45) is 0 Å². The number of aryl methyl sites for hydroxylation is 2. The first kappa shape index (κ1) is 10.2. The molecular formula is C11H11Br2N. The molecule has 0 atom stereocenters. The van der Waals surface area contributed by atoms with Gasteiger partial charge in [0.1, 0.15) is 0 Å². The summed E-state index contributed by atoms with van der Waals surface area (Å²) in [7, 11) is 0. The third-order valence-electron chi connectivity index (χ3n) is 2.57. The van der Waals surface area contributed by atoms with Gasteiger partial charge in [0.15, 0.2) is 0 Å². The molecule has 0 saturated heterocycles. The van der Waals surface area contributed by atoms with Crippen molar-refractivity contribution in [3.63, 3.8) is 0 Å². The Bertz CT molecular complexity index is 485. The van der Waals surface area contributed by atoms with Gasteiger partial charge in [0.05, 0.1) is 5.52 Å². The second-order valence-corrected chi connectivity index (χ2v) is 5.09. The molecule has 0 bridgehead atoms. The first-order valence-electron chi connectivity index (χ1n) is 4.59. The largest absolute Gasteiger partial charge is 0.361 e. The summed E-state index contributed by atoms with van der Waals surface area (Å²) in [5.41, 5.74) is 3.86. The van der Waals surface area contributed by atoms with Crippen LogP contribution in [0.15, 0.2) is 21.2 Å². The lowest BCUT2D eigenvalue weighted by Gasteiger charge is -2.03. The summed E-state index contributed by atoms with van der Waals surface area (Å²) in [6, 6.07) is 2.12. The summed E-state index contributed by atoms with van der Waals surface area (Å²) in [5.74, 6) is 0. The van der Waals surface area contributed by atoms with E-state index in [9.17, 15) is 0 Å². The molecule has 74 valence electrons. The number of rotatable bonds is 1. The molecule has 0 aliphatic carbocycles. The fourth-order valence-corrected chi connectivity index (χ4v) is 3.14. The molecule has 1 aromatic carbocycles. The molecule has 0 unspecified atom stereocenters. The van der Waals surface area contributed by atoms with Crippen molar-refractivity contribution in [3.8, 4) is 0 Å². The van der Waals surface area contributed by atoms with E-state index < -0.39 is 0 Å². The SMILES string of the molecule is CCc1c[nH]c2c(C)c(Br)cc(Br)c12. The lowest BCUT2D eigenvalue weighted by molar-refractivity contribution is 1.15. The lowest BCUT2D eigenvalue weighted by atomic mass is 10.1. The van der Waals surface area contributed by atoms with Crippen molar-refractivity contribution in [3.05, 3.63) is 32.3 Å². The Kier molecular flexibility index (Phi) is 2.71. The first-order valence-corrected chi connectivity index (χ1v) is 6.18. The van der Waals surface area contributed by atoms with Gasteiger partial charge in [0, 0.05) is 20.5 Å². The third kappa shape index (κ3) is 1.43. The van der Waals surface area contributed by atoms with Crippen LogP contribution in [0.1, 0.15) is 18.1 Å². The smallest absolute Gasteiger partial charge is 0.0509 e. The average Bonchev–Trinajstić information content (AvgIpc) is 2.58. The molecule has 0 radical (unpaired) electrons. The van der Waals surface area contributed by atoms with Crippen LogP contribution in [0.4, 0.5) is 0 Å². The molecule has 0 fully saturated rings. The molecule has 0 spiro atoms. The first-order chi connectivity index (χ1) is 6.65. The molecule has 1 aromatic heterocycles. The Morgan fingerprint density at radius 3 is 2.64 bits per heavy atom. The van der Waals surface area contributed by atoms with Gasteiger partial charge < -0.3 is 4.98 Å². The van der Waals surface area contributed by atoms with Crippen molar-refractivity contribution in [2.75, 3.05) is 0 Å². The predicted molar refractivity (Wildman–Crippen MR) is 67.8 cm³/mol. The van der Waals surface area contributed by atoms with E-state index >= 15 is 0 Å². The highest BCUT2D eigenvalue weighted by Gasteiger charge is 2.10. The summed E-state index contributed by atoms with van der Waals surface area (Å²) >= 11 is 7.15. The Morgan fingerprint density at radius 1 is 1.29 bits per heavy atom. The number of H-pyrrole nitrogens is 1.